The first-order chi connectivity index (χ1) is 19.0. The van der Waals surface area contributed by atoms with Gasteiger partial charge in [-0.15, -0.1) is 0 Å². The standard InChI is InChI=1S/C32H44N2O6/c1-8-9-10-11-22(23-18-27(39-6)28(40-7)19-26(23)38-5)17-29(35)33-25-16-21(12-13-24(25)32(2,3)4)20-34-30(36)14-15-31(34)37/h12-13,16,18-19,22H,8-11,14-15,17,20H2,1-7H3,(H,33,35). The molecule has 8 heteroatoms. The Balaban J connectivity index is 1.91. The van der Waals surface area contributed by atoms with Gasteiger partial charge in [0.25, 0.3) is 0 Å². The second kappa shape index (κ2) is 13.7. The number of carbonyl (C=O) groups is 3. The number of hydrogen-bond acceptors (Lipinski definition) is 6. The second-order valence-corrected chi connectivity index (χ2v) is 11.4. The molecule has 8 nitrogen and oxygen atoms in total. The highest BCUT2D eigenvalue weighted by molar-refractivity contribution is 6.01. The van der Waals surface area contributed by atoms with E-state index in [0.717, 1.165) is 42.4 Å². The van der Waals surface area contributed by atoms with Crippen molar-refractivity contribution in [2.45, 2.75) is 90.5 Å². The predicted octanol–water partition coefficient (Wildman–Crippen LogP) is 6.35. The normalized spacial score (nSPS) is 14.3. The molecule has 2 aromatic rings. The number of nitrogens with zero attached hydrogens (tertiary/aromatic N) is 1. The van der Waals surface area contributed by atoms with Gasteiger partial charge in [0.1, 0.15) is 5.75 Å². The van der Waals surface area contributed by atoms with E-state index in [1.165, 1.54) is 4.90 Å². The molecule has 1 saturated heterocycles. The van der Waals surface area contributed by atoms with Crippen LogP contribution in [0.2, 0.25) is 0 Å². The zero-order valence-corrected chi connectivity index (χ0v) is 25.0. The van der Waals surface area contributed by atoms with E-state index in [4.69, 9.17) is 14.2 Å². The molecule has 0 radical (unpaired) electrons. The monoisotopic (exact) mass is 552 g/mol. The molecule has 3 rings (SSSR count). The Morgan fingerprint density at radius 2 is 1.55 bits per heavy atom. The average Bonchev–Trinajstić information content (AvgIpc) is 3.23. The van der Waals surface area contributed by atoms with Crippen LogP contribution in [-0.4, -0.2) is 44.0 Å². The maximum Gasteiger partial charge on any atom is 0.229 e. The van der Waals surface area contributed by atoms with Gasteiger partial charge in [0, 0.05) is 36.6 Å². The number of likely N-dealkylation sites (tertiary alicyclic amines) is 1. The second-order valence-electron chi connectivity index (χ2n) is 11.4. The lowest BCUT2D eigenvalue weighted by Gasteiger charge is -2.26. The van der Waals surface area contributed by atoms with E-state index < -0.39 is 0 Å². The Labute approximate surface area is 238 Å². The van der Waals surface area contributed by atoms with Crippen LogP contribution in [0.4, 0.5) is 5.69 Å². The van der Waals surface area contributed by atoms with Crippen LogP contribution >= 0.6 is 0 Å². The Morgan fingerprint density at radius 3 is 2.12 bits per heavy atom. The van der Waals surface area contributed by atoms with Crippen LogP contribution in [0.3, 0.4) is 0 Å². The minimum atomic E-state index is -0.229. The largest absolute Gasteiger partial charge is 0.496 e. The highest BCUT2D eigenvalue weighted by Crippen LogP contribution is 2.41. The molecule has 40 heavy (non-hydrogen) atoms. The molecule has 1 fully saturated rings. The fourth-order valence-corrected chi connectivity index (χ4v) is 5.23. The molecule has 218 valence electrons. The fraction of sp³-hybridized carbons (Fsp3) is 0.531. The summed E-state index contributed by atoms with van der Waals surface area (Å²) in [5.41, 5.74) is 3.15. The predicted molar refractivity (Wildman–Crippen MR) is 156 cm³/mol. The maximum atomic E-state index is 13.6. The van der Waals surface area contributed by atoms with Crippen molar-refractivity contribution in [2.75, 3.05) is 26.6 Å². The first-order valence-corrected chi connectivity index (χ1v) is 14.1. The van der Waals surface area contributed by atoms with Crippen molar-refractivity contribution in [3.63, 3.8) is 0 Å². The van der Waals surface area contributed by atoms with Gasteiger partial charge >= 0.3 is 0 Å². The van der Waals surface area contributed by atoms with E-state index in [1.54, 1.807) is 27.4 Å². The molecule has 0 aromatic heterocycles. The molecule has 1 aliphatic heterocycles. The molecule has 1 atom stereocenters. The zero-order chi connectivity index (χ0) is 29.4. The molecular formula is C32H44N2O6. The van der Waals surface area contributed by atoms with Crippen LogP contribution in [0.25, 0.3) is 0 Å². The van der Waals surface area contributed by atoms with Crippen molar-refractivity contribution in [3.8, 4) is 17.2 Å². The van der Waals surface area contributed by atoms with E-state index in [1.807, 2.05) is 24.3 Å². The van der Waals surface area contributed by atoms with Crippen LogP contribution in [0.5, 0.6) is 17.2 Å². The number of unbranched alkanes of at least 4 members (excludes halogenated alkanes) is 2. The summed E-state index contributed by atoms with van der Waals surface area (Å²) in [6.07, 6.45) is 4.70. The Kier molecular flexibility index (Phi) is 10.6. The van der Waals surface area contributed by atoms with Crippen molar-refractivity contribution in [3.05, 3.63) is 47.0 Å². The van der Waals surface area contributed by atoms with Gasteiger partial charge in [0.2, 0.25) is 17.7 Å². The van der Waals surface area contributed by atoms with E-state index >= 15 is 0 Å². The number of carbonyl (C=O) groups excluding carboxylic acids is 3. The Hall–Kier alpha value is -3.55. The van der Waals surface area contributed by atoms with E-state index in [-0.39, 0.29) is 54.9 Å². The van der Waals surface area contributed by atoms with Crippen LogP contribution < -0.4 is 19.5 Å². The quantitative estimate of drug-likeness (QED) is 0.230. The van der Waals surface area contributed by atoms with E-state index in [0.29, 0.717) is 22.9 Å². The molecule has 0 bridgehead atoms. The van der Waals surface area contributed by atoms with Gasteiger partial charge in [0.05, 0.1) is 27.9 Å². The van der Waals surface area contributed by atoms with Crippen molar-refractivity contribution < 1.29 is 28.6 Å². The highest BCUT2D eigenvalue weighted by atomic mass is 16.5. The van der Waals surface area contributed by atoms with Crippen molar-refractivity contribution in [1.29, 1.82) is 0 Å². The number of methoxy groups -OCH3 is 3. The number of anilines is 1. The van der Waals surface area contributed by atoms with Gasteiger partial charge in [-0.3, -0.25) is 19.3 Å². The maximum absolute atomic E-state index is 13.6. The summed E-state index contributed by atoms with van der Waals surface area (Å²) in [6, 6.07) is 9.51. The number of amides is 3. The van der Waals surface area contributed by atoms with Crippen LogP contribution in [0.1, 0.15) is 95.2 Å². The summed E-state index contributed by atoms with van der Waals surface area (Å²) in [5.74, 6) is 1.29. The molecular weight excluding hydrogens is 508 g/mol. The number of benzene rings is 2. The first-order valence-electron chi connectivity index (χ1n) is 14.1. The zero-order valence-electron chi connectivity index (χ0n) is 25.0. The van der Waals surface area contributed by atoms with Crippen LogP contribution in [0, 0.1) is 0 Å². The molecule has 1 aliphatic rings. The molecule has 1 N–H and O–H groups in total. The number of ether oxygens (including phenoxy) is 3. The third-order valence-corrected chi connectivity index (χ3v) is 7.43. The Bertz CT molecular complexity index is 1200. The van der Waals surface area contributed by atoms with Gasteiger partial charge in [0.15, 0.2) is 11.5 Å². The molecule has 1 unspecified atom stereocenters. The summed E-state index contributed by atoms with van der Waals surface area (Å²) in [6.45, 7) is 8.63. The molecule has 1 heterocycles. The molecule has 0 saturated carbocycles. The topological polar surface area (TPSA) is 94.2 Å². The lowest BCUT2D eigenvalue weighted by atomic mass is 9.84. The third kappa shape index (κ3) is 7.55. The van der Waals surface area contributed by atoms with Crippen molar-refractivity contribution in [2.24, 2.45) is 0 Å². The highest BCUT2D eigenvalue weighted by Gasteiger charge is 2.30. The van der Waals surface area contributed by atoms with E-state index in [9.17, 15) is 14.4 Å². The fourth-order valence-electron chi connectivity index (χ4n) is 5.23. The lowest BCUT2D eigenvalue weighted by molar-refractivity contribution is -0.139. The molecule has 3 amide bonds. The lowest BCUT2D eigenvalue weighted by Crippen LogP contribution is -2.28. The summed E-state index contributed by atoms with van der Waals surface area (Å²) < 4.78 is 16.7. The van der Waals surface area contributed by atoms with Gasteiger partial charge in [-0.25, -0.2) is 0 Å². The number of imide groups is 1. The average molecular weight is 553 g/mol. The summed E-state index contributed by atoms with van der Waals surface area (Å²) in [7, 11) is 4.79. The van der Waals surface area contributed by atoms with Crippen LogP contribution in [0.15, 0.2) is 30.3 Å². The number of nitrogens with one attached hydrogen (secondary N) is 1. The van der Waals surface area contributed by atoms with E-state index in [2.05, 4.69) is 33.0 Å². The number of rotatable bonds is 13. The summed E-state index contributed by atoms with van der Waals surface area (Å²) in [5, 5.41) is 3.16. The molecule has 0 aliphatic carbocycles. The minimum Gasteiger partial charge on any atom is -0.496 e. The number of hydrogen-bond donors (Lipinski definition) is 1. The molecule has 0 spiro atoms. The summed E-state index contributed by atoms with van der Waals surface area (Å²) in [4.78, 5) is 39.3. The van der Waals surface area contributed by atoms with Gasteiger partial charge in [-0.1, -0.05) is 59.1 Å². The minimum absolute atomic E-state index is 0.0950. The van der Waals surface area contributed by atoms with Crippen molar-refractivity contribution in [1.82, 2.24) is 4.90 Å². The SMILES string of the molecule is CCCCCC(CC(=O)Nc1cc(CN2C(=O)CCC2=O)ccc1C(C)(C)C)c1cc(OC)c(OC)cc1OC. The van der Waals surface area contributed by atoms with Gasteiger partial charge < -0.3 is 19.5 Å². The summed E-state index contributed by atoms with van der Waals surface area (Å²) >= 11 is 0. The van der Waals surface area contributed by atoms with Crippen LogP contribution in [-0.2, 0) is 26.3 Å². The smallest absolute Gasteiger partial charge is 0.229 e. The third-order valence-electron chi connectivity index (χ3n) is 7.43. The Morgan fingerprint density at radius 1 is 0.925 bits per heavy atom. The van der Waals surface area contributed by atoms with Gasteiger partial charge in [-0.2, -0.15) is 0 Å². The molecule has 2 aromatic carbocycles. The first kappa shape index (κ1) is 31.0. The van der Waals surface area contributed by atoms with Crippen molar-refractivity contribution >= 4 is 23.4 Å². The van der Waals surface area contributed by atoms with Gasteiger partial charge in [-0.05, 0) is 41.0 Å².